The first-order chi connectivity index (χ1) is 8.83. The third-order valence-electron chi connectivity index (χ3n) is 3.99. The van der Waals surface area contributed by atoms with Crippen LogP contribution in [0.3, 0.4) is 0 Å². The van der Waals surface area contributed by atoms with Crippen molar-refractivity contribution in [2.45, 2.75) is 38.0 Å². The zero-order chi connectivity index (χ0) is 12.8. The van der Waals surface area contributed by atoms with Crippen molar-refractivity contribution in [2.24, 2.45) is 5.92 Å². The second kappa shape index (κ2) is 6.58. The highest BCUT2D eigenvalue weighted by Crippen LogP contribution is 2.37. The van der Waals surface area contributed by atoms with Crippen molar-refractivity contribution in [1.29, 1.82) is 0 Å². The molecule has 0 N–H and O–H groups in total. The Morgan fingerprint density at radius 3 is 2.39 bits per heavy atom. The monoisotopic (exact) mass is 248 g/mol. The maximum Gasteiger partial charge on any atom is 0.118 e. The van der Waals surface area contributed by atoms with Gasteiger partial charge in [-0.2, -0.15) is 0 Å². The molecule has 0 bridgehead atoms. The Balaban J connectivity index is 1.88. The van der Waals surface area contributed by atoms with Gasteiger partial charge in [0.05, 0.1) is 13.4 Å². The molecule has 1 fully saturated rings. The van der Waals surface area contributed by atoms with Gasteiger partial charge in [0.2, 0.25) is 0 Å². The molecule has 1 aliphatic carbocycles. The first-order valence-corrected chi connectivity index (χ1v) is 6.72. The van der Waals surface area contributed by atoms with Crippen LogP contribution in [0.2, 0.25) is 0 Å². The van der Waals surface area contributed by atoms with Gasteiger partial charge in [0, 0.05) is 0 Å². The molecule has 0 aromatic heterocycles. The number of benzene rings is 1. The summed E-state index contributed by atoms with van der Waals surface area (Å²) in [5.74, 6) is 2.26. The molecule has 1 aromatic carbocycles. The Bertz CT molecular complexity index is 375. The van der Waals surface area contributed by atoms with Gasteiger partial charge in [-0.05, 0) is 61.6 Å². The minimum Gasteiger partial charge on any atom is -0.497 e. The van der Waals surface area contributed by atoms with Crippen LogP contribution in [0.1, 0.15) is 43.6 Å². The van der Waals surface area contributed by atoms with Crippen LogP contribution < -0.4 is 4.74 Å². The number of hydrogen-bond donors (Lipinski definition) is 0. The molecule has 0 radical (unpaired) electrons. The molecule has 1 nitrogen and oxygen atoms in total. The standard InChI is InChI=1S/C16H21FO/c1-18-16-10-8-15(9-11-16)14-6-4-13(5-7-14)3-2-12-17/h2,8-14H,3-7H2,1H3. The van der Waals surface area contributed by atoms with Crippen molar-refractivity contribution >= 4 is 0 Å². The highest BCUT2D eigenvalue weighted by Gasteiger charge is 2.21. The van der Waals surface area contributed by atoms with E-state index in [0.717, 1.165) is 12.2 Å². The highest BCUT2D eigenvalue weighted by molar-refractivity contribution is 5.29. The molecule has 2 rings (SSSR count). The van der Waals surface area contributed by atoms with Crippen LogP contribution >= 0.6 is 0 Å². The van der Waals surface area contributed by atoms with Crippen LogP contribution in [0.15, 0.2) is 36.7 Å². The lowest BCUT2D eigenvalue weighted by Gasteiger charge is -2.28. The Morgan fingerprint density at radius 2 is 1.83 bits per heavy atom. The van der Waals surface area contributed by atoms with Gasteiger partial charge >= 0.3 is 0 Å². The molecule has 1 aromatic rings. The lowest BCUT2D eigenvalue weighted by molar-refractivity contribution is 0.327. The lowest BCUT2D eigenvalue weighted by Crippen LogP contribution is -2.12. The lowest BCUT2D eigenvalue weighted by atomic mass is 9.77. The number of ether oxygens (including phenoxy) is 1. The predicted molar refractivity (Wildman–Crippen MR) is 72.6 cm³/mol. The Labute approximate surface area is 109 Å². The quantitative estimate of drug-likeness (QED) is 0.740. The fraction of sp³-hybridized carbons (Fsp3) is 0.500. The van der Waals surface area contributed by atoms with E-state index in [1.54, 1.807) is 13.2 Å². The third kappa shape index (κ3) is 3.34. The van der Waals surface area contributed by atoms with Crippen LogP contribution in [0.4, 0.5) is 4.39 Å². The van der Waals surface area contributed by atoms with E-state index >= 15 is 0 Å². The molecule has 98 valence electrons. The van der Waals surface area contributed by atoms with E-state index in [1.807, 2.05) is 12.1 Å². The first kappa shape index (κ1) is 13.1. The number of halogens is 1. The fourth-order valence-electron chi connectivity index (χ4n) is 2.85. The van der Waals surface area contributed by atoms with E-state index in [4.69, 9.17) is 4.74 Å². The van der Waals surface area contributed by atoms with Crippen molar-refractivity contribution < 1.29 is 9.13 Å². The van der Waals surface area contributed by atoms with Gasteiger partial charge in [-0.1, -0.05) is 18.2 Å². The minimum atomic E-state index is 0.668. The van der Waals surface area contributed by atoms with E-state index < -0.39 is 0 Å². The first-order valence-electron chi connectivity index (χ1n) is 6.72. The van der Waals surface area contributed by atoms with Gasteiger partial charge in [-0.3, -0.25) is 0 Å². The summed E-state index contributed by atoms with van der Waals surface area (Å²) in [5, 5.41) is 0. The largest absolute Gasteiger partial charge is 0.497 e. The van der Waals surface area contributed by atoms with Gasteiger partial charge in [0.25, 0.3) is 0 Å². The summed E-state index contributed by atoms with van der Waals surface area (Å²) in [5.41, 5.74) is 1.41. The number of rotatable bonds is 4. The summed E-state index contributed by atoms with van der Waals surface area (Å²) in [7, 11) is 1.69. The van der Waals surface area contributed by atoms with Gasteiger partial charge in [0.1, 0.15) is 5.75 Å². The normalized spacial score (nSPS) is 24.3. The molecule has 0 saturated heterocycles. The van der Waals surface area contributed by atoms with Crippen molar-refractivity contribution in [3.63, 3.8) is 0 Å². The van der Waals surface area contributed by atoms with Gasteiger partial charge in [-0.25, -0.2) is 4.39 Å². The molecule has 2 heteroatoms. The smallest absolute Gasteiger partial charge is 0.118 e. The Morgan fingerprint density at radius 1 is 1.17 bits per heavy atom. The van der Waals surface area contributed by atoms with E-state index in [0.29, 0.717) is 18.2 Å². The van der Waals surface area contributed by atoms with Crippen LogP contribution in [-0.4, -0.2) is 7.11 Å². The fourth-order valence-corrected chi connectivity index (χ4v) is 2.85. The van der Waals surface area contributed by atoms with E-state index in [9.17, 15) is 4.39 Å². The molecule has 0 unspecified atom stereocenters. The summed E-state index contributed by atoms with van der Waals surface area (Å²) in [6, 6.07) is 8.41. The summed E-state index contributed by atoms with van der Waals surface area (Å²) in [6.45, 7) is 0. The van der Waals surface area contributed by atoms with Crippen molar-refractivity contribution in [3.05, 3.63) is 42.2 Å². The number of methoxy groups -OCH3 is 1. The summed E-state index contributed by atoms with van der Waals surface area (Å²) >= 11 is 0. The highest BCUT2D eigenvalue weighted by atomic mass is 19.1. The molecule has 0 heterocycles. The summed E-state index contributed by atoms with van der Waals surface area (Å²) in [6.07, 6.45) is 8.08. The van der Waals surface area contributed by atoms with Crippen LogP contribution in [-0.2, 0) is 0 Å². The average molecular weight is 248 g/mol. The summed E-state index contributed by atoms with van der Waals surface area (Å²) < 4.78 is 17.1. The SMILES string of the molecule is COc1ccc(C2CCC(CC=CF)CC2)cc1. The molecule has 0 amide bonds. The maximum absolute atomic E-state index is 12.0. The molecule has 18 heavy (non-hydrogen) atoms. The molecule has 0 spiro atoms. The number of allylic oxidation sites excluding steroid dienone is 1. The van der Waals surface area contributed by atoms with Gasteiger partial charge in [0.15, 0.2) is 0 Å². The second-order valence-corrected chi connectivity index (χ2v) is 5.09. The Hall–Kier alpha value is -1.31. The zero-order valence-electron chi connectivity index (χ0n) is 10.9. The zero-order valence-corrected chi connectivity index (χ0v) is 10.9. The van der Waals surface area contributed by atoms with Crippen LogP contribution in [0, 0.1) is 5.92 Å². The molecular weight excluding hydrogens is 227 g/mol. The van der Waals surface area contributed by atoms with Crippen molar-refractivity contribution in [3.8, 4) is 5.75 Å². The minimum absolute atomic E-state index is 0.668. The van der Waals surface area contributed by atoms with Gasteiger partial charge in [-0.15, -0.1) is 0 Å². The maximum atomic E-state index is 12.0. The summed E-state index contributed by atoms with van der Waals surface area (Å²) in [4.78, 5) is 0. The molecule has 0 atom stereocenters. The van der Waals surface area contributed by atoms with Gasteiger partial charge < -0.3 is 4.74 Å². The van der Waals surface area contributed by atoms with E-state index in [1.165, 1.54) is 31.2 Å². The number of hydrogen-bond acceptors (Lipinski definition) is 1. The Kier molecular flexibility index (Phi) is 4.80. The van der Waals surface area contributed by atoms with E-state index in [2.05, 4.69) is 12.1 Å². The van der Waals surface area contributed by atoms with Crippen molar-refractivity contribution in [1.82, 2.24) is 0 Å². The second-order valence-electron chi connectivity index (χ2n) is 5.09. The third-order valence-corrected chi connectivity index (χ3v) is 3.99. The molecule has 0 aliphatic heterocycles. The van der Waals surface area contributed by atoms with Crippen LogP contribution in [0.25, 0.3) is 0 Å². The molecular formula is C16H21FO. The average Bonchev–Trinajstić information content (AvgIpc) is 2.46. The van der Waals surface area contributed by atoms with Crippen LogP contribution in [0.5, 0.6) is 5.75 Å². The topological polar surface area (TPSA) is 9.23 Å². The molecule has 1 aliphatic rings. The van der Waals surface area contributed by atoms with E-state index in [-0.39, 0.29) is 0 Å². The predicted octanol–water partition coefficient (Wildman–Crippen LogP) is 4.84. The molecule has 1 saturated carbocycles. The van der Waals surface area contributed by atoms with Crippen molar-refractivity contribution in [2.75, 3.05) is 7.11 Å².